The summed E-state index contributed by atoms with van der Waals surface area (Å²) in [6, 6.07) is 8.85. The Hall–Kier alpha value is -1.78. The molecule has 3 N–H and O–H groups in total. The predicted octanol–water partition coefficient (Wildman–Crippen LogP) is 3.13. The number of benzene rings is 2. The van der Waals surface area contributed by atoms with Crippen LogP contribution in [0.2, 0.25) is 0 Å². The zero-order valence-corrected chi connectivity index (χ0v) is 10.9. The monoisotopic (exact) mass is 262 g/mol. The molecule has 0 radical (unpaired) electrons. The predicted molar refractivity (Wildman–Crippen MR) is 71.4 cm³/mol. The number of aryl methyl sites for hydroxylation is 2. The largest absolute Gasteiger partial charge is 0.271 e. The van der Waals surface area contributed by atoms with E-state index >= 15 is 0 Å². The molecule has 0 aromatic heterocycles. The topological polar surface area (TPSA) is 38.0 Å². The second-order valence-electron chi connectivity index (χ2n) is 4.63. The molecular formula is C15H16F2N2. The van der Waals surface area contributed by atoms with E-state index in [1.807, 2.05) is 13.0 Å². The molecule has 0 bridgehead atoms. The van der Waals surface area contributed by atoms with Crippen LogP contribution < -0.4 is 11.3 Å². The zero-order chi connectivity index (χ0) is 14.0. The Kier molecular flexibility index (Phi) is 3.93. The Morgan fingerprint density at radius 2 is 1.68 bits per heavy atom. The zero-order valence-electron chi connectivity index (χ0n) is 10.9. The molecule has 0 saturated heterocycles. The Labute approximate surface area is 111 Å². The van der Waals surface area contributed by atoms with Crippen molar-refractivity contribution in [3.63, 3.8) is 0 Å². The van der Waals surface area contributed by atoms with Gasteiger partial charge in [-0.3, -0.25) is 5.84 Å². The molecule has 4 heteroatoms. The van der Waals surface area contributed by atoms with Crippen LogP contribution in [0, 0.1) is 25.5 Å². The molecule has 0 heterocycles. The molecule has 0 fully saturated rings. The summed E-state index contributed by atoms with van der Waals surface area (Å²) in [5.41, 5.74) is 5.36. The van der Waals surface area contributed by atoms with E-state index in [1.165, 1.54) is 18.2 Å². The molecular weight excluding hydrogens is 246 g/mol. The lowest BCUT2D eigenvalue weighted by atomic mass is 9.94. The van der Waals surface area contributed by atoms with Crippen LogP contribution in [0.15, 0.2) is 36.4 Å². The number of nitrogens with two attached hydrogens (primary N) is 1. The summed E-state index contributed by atoms with van der Waals surface area (Å²) in [5, 5.41) is 0. The van der Waals surface area contributed by atoms with Gasteiger partial charge in [-0.25, -0.2) is 14.2 Å². The SMILES string of the molecule is Cc1ccc(C(NN)c2ccc(F)cc2C)c(F)c1. The third kappa shape index (κ3) is 2.80. The van der Waals surface area contributed by atoms with Crippen molar-refractivity contribution in [1.29, 1.82) is 0 Å². The van der Waals surface area contributed by atoms with Crippen molar-refractivity contribution in [2.24, 2.45) is 5.84 Å². The van der Waals surface area contributed by atoms with Gasteiger partial charge >= 0.3 is 0 Å². The Balaban J connectivity index is 2.50. The fourth-order valence-corrected chi connectivity index (χ4v) is 2.18. The molecule has 100 valence electrons. The lowest BCUT2D eigenvalue weighted by molar-refractivity contribution is 0.556. The summed E-state index contributed by atoms with van der Waals surface area (Å²) < 4.78 is 27.1. The highest BCUT2D eigenvalue weighted by Gasteiger charge is 2.18. The fraction of sp³-hybridized carbons (Fsp3) is 0.200. The maximum Gasteiger partial charge on any atom is 0.128 e. The lowest BCUT2D eigenvalue weighted by Crippen LogP contribution is -2.30. The summed E-state index contributed by atoms with van der Waals surface area (Å²) in [6.45, 7) is 3.59. The molecule has 0 aliphatic heterocycles. The van der Waals surface area contributed by atoms with Crippen LogP contribution in [-0.2, 0) is 0 Å². The second kappa shape index (κ2) is 5.47. The molecule has 2 aromatic rings. The van der Waals surface area contributed by atoms with E-state index in [-0.39, 0.29) is 11.6 Å². The van der Waals surface area contributed by atoms with Crippen LogP contribution in [0.25, 0.3) is 0 Å². The van der Waals surface area contributed by atoms with Crippen molar-refractivity contribution in [2.75, 3.05) is 0 Å². The van der Waals surface area contributed by atoms with Gasteiger partial charge in [0.05, 0.1) is 6.04 Å². The third-order valence-corrected chi connectivity index (χ3v) is 3.18. The van der Waals surface area contributed by atoms with E-state index in [0.29, 0.717) is 5.56 Å². The maximum absolute atomic E-state index is 14.0. The van der Waals surface area contributed by atoms with Crippen molar-refractivity contribution in [3.8, 4) is 0 Å². The highest BCUT2D eigenvalue weighted by atomic mass is 19.1. The van der Waals surface area contributed by atoms with Gasteiger partial charge in [-0.15, -0.1) is 0 Å². The van der Waals surface area contributed by atoms with Gasteiger partial charge in [0.1, 0.15) is 11.6 Å². The smallest absolute Gasteiger partial charge is 0.128 e. The van der Waals surface area contributed by atoms with E-state index in [0.717, 1.165) is 16.7 Å². The Morgan fingerprint density at radius 3 is 2.26 bits per heavy atom. The summed E-state index contributed by atoms with van der Waals surface area (Å²) in [6.07, 6.45) is 0. The van der Waals surface area contributed by atoms with Crippen molar-refractivity contribution in [2.45, 2.75) is 19.9 Å². The average molecular weight is 262 g/mol. The van der Waals surface area contributed by atoms with Gasteiger partial charge in [-0.1, -0.05) is 18.2 Å². The lowest BCUT2D eigenvalue weighted by Gasteiger charge is -2.20. The number of halogens is 2. The minimum Gasteiger partial charge on any atom is -0.271 e. The first kappa shape index (κ1) is 13.6. The van der Waals surface area contributed by atoms with Crippen LogP contribution in [0.5, 0.6) is 0 Å². The van der Waals surface area contributed by atoms with Crippen LogP contribution in [-0.4, -0.2) is 0 Å². The van der Waals surface area contributed by atoms with Gasteiger partial charge < -0.3 is 0 Å². The normalized spacial score (nSPS) is 12.5. The summed E-state index contributed by atoms with van der Waals surface area (Å²) >= 11 is 0. The van der Waals surface area contributed by atoms with Gasteiger partial charge in [0.25, 0.3) is 0 Å². The molecule has 0 amide bonds. The third-order valence-electron chi connectivity index (χ3n) is 3.18. The van der Waals surface area contributed by atoms with E-state index < -0.39 is 6.04 Å². The van der Waals surface area contributed by atoms with Crippen LogP contribution in [0.1, 0.15) is 28.3 Å². The Morgan fingerprint density at radius 1 is 1.00 bits per heavy atom. The van der Waals surface area contributed by atoms with Crippen molar-refractivity contribution in [3.05, 3.63) is 70.3 Å². The number of hydrogen-bond acceptors (Lipinski definition) is 2. The molecule has 0 saturated carbocycles. The molecule has 1 atom stereocenters. The van der Waals surface area contributed by atoms with Crippen LogP contribution >= 0.6 is 0 Å². The highest BCUT2D eigenvalue weighted by molar-refractivity contribution is 5.38. The molecule has 0 aliphatic rings. The molecule has 19 heavy (non-hydrogen) atoms. The first-order valence-corrected chi connectivity index (χ1v) is 6.01. The average Bonchev–Trinajstić information content (AvgIpc) is 2.34. The van der Waals surface area contributed by atoms with Gasteiger partial charge in [0, 0.05) is 5.56 Å². The molecule has 2 nitrogen and oxygen atoms in total. The van der Waals surface area contributed by atoms with Crippen LogP contribution in [0.4, 0.5) is 8.78 Å². The van der Waals surface area contributed by atoms with Gasteiger partial charge in [0.2, 0.25) is 0 Å². The maximum atomic E-state index is 14.0. The van der Waals surface area contributed by atoms with E-state index in [9.17, 15) is 8.78 Å². The molecule has 2 aromatic carbocycles. The second-order valence-corrected chi connectivity index (χ2v) is 4.63. The van der Waals surface area contributed by atoms with Crippen molar-refractivity contribution in [1.82, 2.24) is 5.43 Å². The van der Waals surface area contributed by atoms with Gasteiger partial charge in [-0.2, -0.15) is 0 Å². The highest BCUT2D eigenvalue weighted by Crippen LogP contribution is 2.27. The summed E-state index contributed by atoms with van der Waals surface area (Å²) in [7, 11) is 0. The Bertz CT molecular complexity index is 545. The van der Waals surface area contributed by atoms with Crippen molar-refractivity contribution >= 4 is 0 Å². The molecule has 0 aliphatic carbocycles. The van der Waals surface area contributed by atoms with E-state index in [1.54, 1.807) is 19.1 Å². The fourth-order valence-electron chi connectivity index (χ4n) is 2.18. The molecule has 2 rings (SSSR count). The number of hydrazine groups is 1. The molecule has 0 spiro atoms. The number of rotatable bonds is 3. The van der Waals surface area contributed by atoms with E-state index in [4.69, 9.17) is 5.84 Å². The number of hydrogen-bond donors (Lipinski definition) is 2. The first-order valence-electron chi connectivity index (χ1n) is 6.01. The number of nitrogens with one attached hydrogen (secondary N) is 1. The first-order chi connectivity index (χ1) is 9.02. The summed E-state index contributed by atoms with van der Waals surface area (Å²) in [5.74, 6) is 4.89. The van der Waals surface area contributed by atoms with Gasteiger partial charge in [0.15, 0.2) is 0 Å². The quantitative estimate of drug-likeness (QED) is 0.658. The van der Waals surface area contributed by atoms with Crippen LogP contribution in [0.3, 0.4) is 0 Å². The summed E-state index contributed by atoms with van der Waals surface area (Å²) in [4.78, 5) is 0. The van der Waals surface area contributed by atoms with E-state index in [2.05, 4.69) is 5.43 Å². The molecule has 1 unspecified atom stereocenters. The minimum atomic E-state index is -0.499. The van der Waals surface area contributed by atoms with Crippen molar-refractivity contribution < 1.29 is 8.78 Å². The minimum absolute atomic E-state index is 0.318. The standard InChI is InChI=1S/C15H16F2N2/c1-9-3-5-13(14(17)7-9)15(19-18)12-6-4-11(16)8-10(12)2/h3-8,15,19H,18H2,1-2H3. The van der Waals surface area contributed by atoms with Gasteiger partial charge in [-0.05, 0) is 48.7 Å².